The number of alkyl halides is 3. The van der Waals surface area contributed by atoms with Gasteiger partial charge in [-0.15, -0.1) is 0 Å². The van der Waals surface area contributed by atoms with Crippen molar-refractivity contribution in [3.63, 3.8) is 0 Å². The third-order valence-corrected chi connectivity index (χ3v) is 5.64. The lowest BCUT2D eigenvalue weighted by Crippen LogP contribution is -2.47. The maximum atomic E-state index is 13.3. The second kappa shape index (κ2) is 9.35. The van der Waals surface area contributed by atoms with Crippen molar-refractivity contribution in [3.8, 4) is 5.75 Å². The number of carbonyl (C=O) groups is 2. The average Bonchev–Trinajstić information content (AvgIpc) is 3.17. The van der Waals surface area contributed by atoms with E-state index in [4.69, 9.17) is 9.47 Å². The van der Waals surface area contributed by atoms with Crippen LogP contribution in [0.3, 0.4) is 0 Å². The molecule has 0 radical (unpaired) electrons. The first-order valence-corrected chi connectivity index (χ1v) is 10.5. The number of ether oxygens (including phenoxy) is 2. The van der Waals surface area contributed by atoms with Crippen molar-refractivity contribution in [2.75, 3.05) is 26.3 Å². The third kappa shape index (κ3) is 5.24. The number of benzene rings is 2. The van der Waals surface area contributed by atoms with Crippen LogP contribution >= 0.6 is 0 Å². The van der Waals surface area contributed by atoms with Gasteiger partial charge >= 0.3 is 6.18 Å². The van der Waals surface area contributed by atoms with Gasteiger partial charge in [-0.05, 0) is 36.3 Å². The van der Waals surface area contributed by atoms with Crippen LogP contribution in [0.5, 0.6) is 5.75 Å². The molecule has 1 aliphatic carbocycles. The molecular formula is C24H21F4NO4. The van der Waals surface area contributed by atoms with Gasteiger partial charge in [0.15, 0.2) is 5.78 Å². The van der Waals surface area contributed by atoms with Gasteiger partial charge in [0, 0.05) is 30.2 Å². The van der Waals surface area contributed by atoms with E-state index in [2.05, 4.69) is 0 Å². The Kier molecular flexibility index (Phi) is 6.51. The zero-order valence-corrected chi connectivity index (χ0v) is 17.5. The Morgan fingerprint density at radius 3 is 2.82 bits per heavy atom. The molecule has 2 aliphatic rings. The summed E-state index contributed by atoms with van der Waals surface area (Å²) in [7, 11) is 0. The Hall–Kier alpha value is -3.20. The van der Waals surface area contributed by atoms with Crippen molar-refractivity contribution in [1.82, 2.24) is 4.90 Å². The molecule has 1 atom stereocenters. The normalized spacial score (nSPS) is 18.6. The van der Waals surface area contributed by atoms with Gasteiger partial charge in [-0.3, -0.25) is 9.59 Å². The molecule has 0 spiro atoms. The van der Waals surface area contributed by atoms with Gasteiger partial charge in [0.05, 0.1) is 18.7 Å². The third-order valence-electron chi connectivity index (χ3n) is 5.64. The largest absolute Gasteiger partial charge is 0.491 e. The minimum atomic E-state index is -4.74. The first kappa shape index (κ1) is 23.0. The number of hydrogen-bond donors (Lipinski definition) is 0. The van der Waals surface area contributed by atoms with Gasteiger partial charge < -0.3 is 14.4 Å². The topological polar surface area (TPSA) is 55.8 Å². The molecule has 1 saturated heterocycles. The highest BCUT2D eigenvalue weighted by molar-refractivity contribution is 6.01. The summed E-state index contributed by atoms with van der Waals surface area (Å²) >= 11 is 0. The van der Waals surface area contributed by atoms with E-state index in [-0.39, 0.29) is 37.6 Å². The summed E-state index contributed by atoms with van der Waals surface area (Å²) < 4.78 is 64.2. The fourth-order valence-electron chi connectivity index (χ4n) is 3.98. The first-order valence-electron chi connectivity index (χ1n) is 10.5. The van der Waals surface area contributed by atoms with E-state index in [0.717, 1.165) is 29.8 Å². The van der Waals surface area contributed by atoms with Gasteiger partial charge in [-0.2, -0.15) is 13.2 Å². The summed E-state index contributed by atoms with van der Waals surface area (Å²) in [5.41, 5.74) is 0.0958. The summed E-state index contributed by atoms with van der Waals surface area (Å²) in [4.78, 5) is 25.9. The smallest absolute Gasteiger partial charge is 0.417 e. The molecule has 1 amide bonds. The minimum absolute atomic E-state index is 0.0859. The highest BCUT2D eigenvalue weighted by atomic mass is 19.4. The SMILES string of the molecule is O=C1CCc2c(OCC3CN(C(=O)C=Cc4ccc(F)cc4C(F)(F)F)CCO3)cccc21. The number of Topliss-reactive ketones (excluding diaryl/α,β-unsaturated/α-hetero) is 1. The number of fused-ring (bicyclic) bond motifs is 1. The maximum Gasteiger partial charge on any atom is 0.417 e. The van der Waals surface area contributed by atoms with E-state index in [1.807, 2.05) is 0 Å². The molecule has 33 heavy (non-hydrogen) atoms. The summed E-state index contributed by atoms with van der Waals surface area (Å²) in [6.07, 6.45) is -2.02. The maximum absolute atomic E-state index is 13.3. The number of amides is 1. The Balaban J connectivity index is 1.38. The lowest BCUT2D eigenvalue weighted by atomic mass is 10.1. The number of halogens is 4. The molecule has 2 aromatic rings. The molecule has 0 N–H and O–H groups in total. The van der Waals surface area contributed by atoms with E-state index >= 15 is 0 Å². The molecule has 0 aromatic heterocycles. The number of ketones is 1. The Morgan fingerprint density at radius 1 is 1.21 bits per heavy atom. The average molecular weight is 463 g/mol. The summed E-state index contributed by atoms with van der Waals surface area (Å²) in [5.74, 6) is -0.786. The van der Waals surface area contributed by atoms with Gasteiger partial charge in [0.2, 0.25) is 5.91 Å². The fourth-order valence-corrected chi connectivity index (χ4v) is 3.98. The Labute approximate surface area is 187 Å². The van der Waals surface area contributed by atoms with E-state index in [0.29, 0.717) is 30.2 Å². The number of nitrogens with zero attached hydrogens (tertiary/aromatic N) is 1. The molecule has 5 nitrogen and oxygen atoms in total. The van der Waals surface area contributed by atoms with Crippen LogP contribution in [0.25, 0.3) is 6.08 Å². The second-order valence-corrected chi connectivity index (χ2v) is 7.86. The lowest BCUT2D eigenvalue weighted by molar-refractivity contribution is -0.138. The van der Waals surface area contributed by atoms with Crippen LogP contribution in [0, 0.1) is 5.82 Å². The minimum Gasteiger partial charge on any atom is -0.491 e. The Bertz CT molecular complexity index is 1100. The van der Waals surface area contributed by atoms with Crippen LogP contribution in [0.1, 0.15) is 33.5 Å². The van der Waals surface area contributed by atoms with Crippen LogP contribution in [0.15, 0.2) is 42.5 Å². The molecule has 1 heterocycles. The van der Waals surface area contributed by atoms with Crippen molar-refractivity contribution < 1.29 is 36.6 Å². The monoisotopic (exact) mass is 463 g/mol. The predicted octanol–water partition coefficient (Wildman–Crippen LogP) is 4.29. The molecule has 1 fully saturated rings. The fraction of sp³-hybridized carbons (Fsp3) is 0.333. The van der Waals surface area contributed by atoms with Crippen LogP contribution < -0.4 is 4.74 Å². The highest BCUT2D eigenvalue weighted by Gasteiger charge is 2.33. The van der Waals surface area contributed by atoms with Crippen LogP contribution in [-0.4, -0.2) is 49.0 Å². The zero-order valence-electron chi connectivity index (χ0n) is 17.5. The molecule has 0 saturated carbocycles. The van der Waals surface area contributed by atoms with Gasteiger partial charge in [-0.1, -0.05) is 18.2 Å². The van der Waals surface area contributed by atoms with Crippen molar-refractivity contribution in [3.05, 3.63) is 70.5 Å². The van der Waals surface area contributed by atoms with E-state index < -0.39 is 29.6 Å². The van der Waals surface area contributed by atoms with Crippen molar-refractivity contribution in [1.29, 1.82) is 0 Å². The predicted molar refractivity (Wildman–Crippen MR) is 111 cm³/mol. The molecular weight excluding hydrogens is 442 g/mol. The molecule has 1 unspecified atom stereocenters. The van der Waals surface area contributed by atoms with Gasteiger partial charge in [-0.25, -0.2) is 4.39 Å². The lowest BCUT2D eigenvalue weighted by Gasteiger charge is -2.32. The van der Waals surface area contributed by atoms with E-state index in [9.17, 15) is 27.2 Å². The van der Waals surface area contributed by atoms with Gasteiger partial charge in [0.25, 0.3) is 0 Å². The number of hydrogen-bond acceptors (Lipinski definition) is 4. The van der Waals surface area contributed by atoms with Crippen molar-refractivity contribution in [2.24, 2.45) is 0 Å². The van der Waals surface area contributed by atoms with Crippen LogP contribution in [0.4, 0.5) is 17.6 Å². The van der Waals surface area contributed by atoms with Gasteiger partial charge in [0.1, 0.15) is 24.3 Å². The summed E-state index contributed by atoms with van der Waals surface area (Å²) in [5, 5.41) is 0. The molecule has 2 aromatic carbocycles. The standard InChI is InChI=1S/C24H21F4NO4/c25-16-6-4-15(20(12-16)24(26,27)28)5-9-23(31)29-10-11-32-17(13-29)14-33-22-3-1-2-18-19(22)7-8-21(18)30/h1-6,9,12,17H,7-8,10-11,13-14H2. The first-order chi connectivity index (χ1) is 15.7. The second-order valence-electron chi connectivity index (χ2n) is 7.86. The Morgan fingerprint density at radius 2 is 2.03 bits per heavy atom. The summed E-state index contributed by atoms with van der Waals surface area (Å²) in [6.45, 7) is 0.898. The molecule has 1 aliphatic heterocycles. The number of carbonyl (C=O) groups excluding carboxylic acids is 2. The molecule has 174 valence electrons. The number of rotatable bonds is 5. The van der Waals surface area contributed by atoms with E-state index in [1.165, 1.54) is 4.90 Å². The zero-order chi connectivity index (χ0) is 23.6. The number of morpholine rings is 1. The van der Waals surface area contributed by atoms with Crippen LogP contribution in [0.2, 0.25) is 0 Å². The van der Waals surface area contributed by atoms with Crippen molar-refractivity contribution in [2.45, 2.75) is 25.1 Å². The molecule has 0 bridgehead atoms. The highest BCUT2D eigenvalue weighted by Crippen LogP contribution is 2.33. The molecule has 4 rings (SSSR count). The van der Waals surface area contributed by atoms with Crippen LogP contribution in [-0.2, 0) is 22.1 Å². The van der Waals surface area contributed by atoms with Crippen molar-refractivity contribution >= 4 is 17.8 Å². The molecule has 9 heteroatoms. The van der Waals surface area contributed by atoms with E-state index in [1.54, 1.807) is 18.2 Å². The quantitative estimate of drug-likeness (QED) is 0.490. The summed E-state index contributed by atoms with van der Waals surface area (Å²) in [6, 6.07) is 7.61.